The third-order valence-corrected chi connectivity index (χ3v) is 8.84. The number of anilines is 1. The molecule has 208 valence electrons. The van der Waals surface area contributed by atoms with Crippen LogP contribution in [0.15, 0.2) is 54.9 Å². The molecule has 0 radical (unpaired) electrons. The van der Waals surface area contributed by atoms with Crippen LogP contribution in [0.2, 0.25) is 0 Å². The molecule has 2 fully saturated rings. The first-order valence-corrected chi connectivity index (χ1v) is 14.7. The molecule has 0 bridgehead atoms. The summed E-state index contributed by atoms with van der Waals surface area (Å²) in [7, 11) is 1.73. The Morgan fingerprint density at radius 2 is 1.82 bits per heavy atom. The molecule has 6 heteroatoms. The highest BCUT2D eigenvalue weighted by molar-refractivity contribution is 5.95. The first-order chi connectivity index (χ1) is 19.1. The molecule has 0 atom stereocenters. The summed E-state index contributed by atoms with van der Waals surface area (Å²) in [5, 5.41) is 4.30. The summed E-state index contributed by atoms with van der Waals surface area (Å²) in [5.74, 6) is 2.41. The maximum Gasteiger partial charge on any atom is 0.230 e. The Labute approximate surface area is 232 Å². The highest BCUT2D eigenvalue weighted by Gasteiger charge is 2.31. The highest BCUT2D eigenvalue weighted by Crippen LogP contribution is 2.39. The minimum atomic E-state index is -0.439. The average Bonchev–Trinajstić information content (AvgIpc) is 3.45. The van der Waals surface area contributed by atoms with E-state index in [1.54, 1.807) is 18.0 Å². The molecule has 3 aromatic rings. The van der Waals surface area contributed by atoms with Gasteiger partial charge >= 0.3 is 0 Å². The number of amides is 1. The van der Waals surface area contributed by atoms with Gasteiger partial charge in [-0.05, 0) is 92.2 Å². The van der Waals surface area contributed by atoms with Gasteiger partial charge in [-0.1, -0.05) is 43.5 Å². The van der Waals surface area contributed by atoms with E-state index in [1.807, 2.05) is 18.3 Å². The van der Waals surface area contributed by atoms with E-state index < -0.39 is 6.67 Å². The SMILES string of the molecule is COc1ccc(C2CCC(CN(C(=O)C3CCCCC3)c3cccc(-c4cnn(CCF)c4)c3)CC2)cc1C. The smallest absolute Gasteiger partial charge is 0.230 e. The van der Waals surface area contributed by atoms with Crippen LogP contribution >= 0.6 is 0 Å². The Bertz CT molecular complexity index is 1240. The Morgan fingerprint density at radius 3 is 2.54 bits per heavy atom. The molecule has 0 spiro atoms. The van der Waals surface area contributed by atoms with Crippen LogP contribution in [0.4, 0.5) is 10.1 Å². The number of halogens is 1. The van der Waals surface area contributed by atoms with Gasteiger partial charge in [-0.25, -0.2) is 4.39 Å². The maximum atomic E-state index is 13.9. The second-order valence-corrected chi connectivity index (χ2v) is 11.5. The molecule has 1 aromatic heterocycles. The van der Waals surface area contributed by atoms with Gasteiger partial charge in [-0.3, -0.25) is 9.48 Å². The molecule has 0 N–H and O–H groups in total. The Balaban J connectivity index is 1.32. The lowest BCUT2D eigenvalue weighted by Crippen LogP contribution is -2.41. The molecule has 5 rings (SSSR count). The quantitative estimate of drug-likeness (QED) is 0.284. The normalized spacial score (nSPS) is 20.1. The van der Waals surface area contributed by atoms with E-state index in [0.29, 0.717) is 11.8 Å². The molecule has 2 saturated carbocycles. The number of nitrogens with zero attached hydrogens (tertiary/aromatic N) is 3. The fourth-order valence-electron chi connectivity index (χ4n) is 6.56. The molecule has 1 heterocycles. The first kappa shape index (κ1) is 27.4. The fourth-order valence-corrected chi connectivity index (χ4v) is 6.56. The average molecular weight is 532 g/mol. The van der Waals surface area contributed by atoms with Crippen LogP contribution in [-0.2, 0) is 11.3 Å². The summed E-state index contributed by atoms with van der Waals surface area (Å²) in [6.07, 6.45) is 13.7. The summed E-state index contributed by atoms with van der Waals surface area (Å²) < 4.78 is 19.9. The molecular weight excluding hydrogens is 489 g/mol. The zero-order valence-corrected chi connectivity index (χ0v) is 23.4. The van der Waals surface area contributed by atoms with Crippen molar-refractivity contribution in [3.8, 4) is 16.9 Å². The molecule has 39 heavy (non-hydrogen) atoms. The number of hydrogen-bond acceptors (Lipinski definition) is 3. The van der Waals surface area contributed by atoms with E-state index in [0.717, 1.165) is 80.5 Å². The molecule has 0 unspecified atom stereocenters. The van der Waals surface area contributed by atoms with Gasteiger partial charge < -0.3 is 9.64 Å². The lowest BCUT2D eigenvalue weighted by molar-refractivity contribution is -0.123. The minimum Gasteiger partial charge on any atom is -0.496 e. The molecule has 2 aliphatic rings. The van der Waals surface area contributed by atoms with Gasteiger partial charge in [0.1, 0.15) is 12.4 Å². The molecule has 2 aromatic carbocycles. The number of ether oxygens (including phenoxy) is 1. The van der Waals surface area contributed by atoms with Crippen molar-refractivity contribution in [1.82, 2.24) is 9.78 Å². The largest absolute Gasteiger partial charge is 0.496 e. The van der Waals surface area contributed by atoms with Crippen molar-refractivity contribution in [2.45, 2.75) is 77.2 Å². The Kier molecular flexibility index (Phi) is 9.00. The van der Waals surface area contributed by atoms with Crippen LogP contribution in [0.1, 0.15) is 74.8 Å². The van der Waals surface area contributed by atoms with E-state index >= 15 is 0 Å². The van der Waals surface area contributed by atoms with Crippen molar-refractivity contribution in [3.05, 3.63) is 66.0 Å². The van der Waals surface area contributed by atoms with Gasteiger partial charge in [0.2, 0.25) is 5.91 Å². The van der Waals surface area contributed by atoms with Crippen LogP contribution < -0.4 is 9.64 Å². The zero-order chi connectivity index (χ0) is 27.2. The first-order valence-electron chi connectivity index (χ1n) is 14.7. The van der Waals surface area contributed by atoms with Crippen LogP contribution in [0.5, 0.6) is 5.75 Å². The summed E-state index contributed by atoms with van der Waals surface area (Å²) in [6, 6.07) is 14.9. The van der Waals surface area contributed by atoms with Crippen LogP contribution in [0, 0.1) is 18.8 Å². The third kappa shape index (κ3) is 6.54. The summed E-state index contributed by atoms with van der Waals surface area (Å²) in [6.45, 7) is 2.70. The number of carbonyl (C=O) groups excluding carboxylic acids is 1. The minimum absolute atomic E-state index is 0.119. The van der Waals surface area contributed by atoms with E-state index in [2.05, 4.69) is 47.3 Å². The van der Waals surface area contributed by atoms with Crippen LogP contribution in [0.25, 0.3) is 11.1 Å². The predicted octanol–water partition coefficient (Wildman–Crippen LogP) is 7.72. The van der Waals surface area contributed by atoms with E-state index in [1.165, 1.54) is 17.5 Å². The van der Waals surface area contributed by atoms with Gasteiger partial charge in [-0.2, -0.15) is 5.10 Å². The lowest BCUT2D eigenvalue weighted by Gasteiger charge is -2.35. The number of rotatable bonds is 9. The Hall–Kier alpha value is -3.15. The summed E-state index contributed by atoms with van der Waals surface area (Å²) >= 11 is 0. The van der Waals surface area contributed by atoms with Crippen molar-refractivity contribution >= 4 is 11.6 Å². The van der Waals surface area contributed by atoms with Crippen molar-refractivity contribution in [1.29, 1.82) is 0 Å². The predicted molar refractivity (Wildman–Crippen MR) is 155 cm³/mol. The molecule has 1 amide bonds. The van der Waals surface area contributed by atoms with E-state index in [4.69, 9.17) is 4.74 Å². The number of aromatic nitrogens is 2. The second kappa shape index (κ2) is 12.8. The second-order valence-electron chi connectivity index (χ2n) is 11.5. The maximum absolute atomic E-state index is 13.9. The number of alkyl halides is 1. The van der Waals surface area contributed by atoms with Crippen LogP contribution in [0.3, 0.4) is 0 Å². The Morgan fingerprint density at radius 1 is 1.03 bits per heavy atom. The van der Waals surface area contributed by atoms with Crippen LogP contribution in [-0.4, -0.2) is 36.0 Å². The lowest BCUT2D eigenvalue weighted by atomic mass is 9.78. The number of carbonyl (C=O) groups is 1. The van der Waals surface area contributed by atoms with Crippen molar-refractivity contribution in [3.63, 3.8) is 0 Å². The van der Waals surface area contributed by atoms with Gasteiger partial charge in [0.05, 0.1) is 19.9 Å². The van der Waals surface area contributed by atoms with Gasteiger partial charge in [0, 0.05) is 29.9 Å². The molecule has 0 aliphatic heterocycles. The van der Waals surface area contributed by atoms with Crippen molar-refractivity contribution < 1.29 is 13.9 Å². The number of aryl methyl sites for hydroxylation is 2. The molecular formula is C33H42FN3O2. The van der Waals surface area contributed by atoms with Crippen molar-refractivity contribution in [2.24, 2.45) is 11.8 Å². The third-order valence-electron chi connectivity index (χ3n) is 8.84. The van der Waals surface area contributed by atoms with Gasteiger partial charge in [0.15, 0.2) is 0 Å². The number of methoxy groups -OCH3 is 1. The summed E-state index contributed by atoms with van der Waals surface area (Å²) in [5.41, 5.74) is 5.52. The fraction of sp³-hybridized carbons (Fsp3) is 0.515. The zero-order valence-electron chi connectivity index (χ0n) is 23.4. The standard InChI is InChI=1S/C33H42FN3O2/c1-24-19-29(15-16-32(24)39-2)26-13-11-25(12-14-26)22-37(33(38)27-7-4-3-5-8-27)31-10-6-9-28(20-31)30-21-35-36(23-30)18-17-34/h6,9-10,15-16,19-21,23,25-27H,3-5,7-8,11-14,17-18,22H2,1-2H3. The van der Waals surface area contributed by atoms with Crippen molar-refractivity contribution in [2.75, 3.05) is 25.2 Å². The van der Waals surface area contributed by atoms with E-state index in [9.17, 15) is 9.18 Å². The van der Waals surface area contributed by atoms with Gasteiger partial charge in [0.25, 0.3) is 0 Å². The van der Waals surface area contributed by atoms with E-state index in [-0.39, 0.29) is 18.4 Å². The van der Waals surface area contributed by atoms with Gasteiger partial charge in [-0.15, -0.1) is 0 Å². The molecule has 0 saturated heterocycles. The highest BCUT2D eigenvalue weighted by atomic mass is 19.1. The number of benzene rings is 2. The molecule has 5 nitrogen and oxygen atoms in total. The number of hydrogen-bond donors (Lipinski definition) is 0. The summed E-state index contributed by atoms with van der Waals surface area (Å²) in [4.78, 5) is 16.0. The topological polar surface area (TPSA) is 47.4 Å². The monoisotopic (exact) mass is 531 g/mol. The molecule has 2 aliphatic carbocycles.